The highest BCUT2D eigenvalue weighted by molar-refractivity contribution is 6.30. The molecule has 4 N–H and O–H groups in total. The van der Waals surface area contributed by atoms with Gasteiger partial charge in [-0.2, -0.15) is 4.68 Å². The number of aromatic nitrogens is 4. The third kappa shape index (κ3) is 6.32. The van der Waals surface area contributed by atoms with Gasteiger partial charge in [0.25, 0.3) is 0 Å². The van der Waals surface area contributed by atoms with E-state index in [4.69, 9.17) is 16.7 Å². The molecule has 1 aliphatic rings. The molecule has 0 bridgehead atoms. The maximum atomic E-state index is 13.2. The van der Waals surface area contributed by atoms with E-state index in [2.05, 4.69) is 31.5 Å². The molecule has 11 nitrogen and oxygen atoms in total. The van der Waals surface area contributed by atoms with E-state index >= 15 is 0 Å². The second-order valence-electron chi connectivity index (χ2n) is 8.26. The minimum Gasteiger partial charge on any atom is -0.478 e. The minimum atomic E-state index is -1.05. The molecule has 36 heavy (non-hydrogen) atoms. The summed E-state index contributed by atoms with van der Waals surface area (Å²) in [5.41, 5.74) is 1.79. The lowest BCUT2D eigenvalue weighted by Crippen LogP contribution is -2.52. The van der Waals surface area contributed by atoms with Gasteiger partial charge in [-0.15, -0.1) is 5.10 Å². The molecule has 0 saturated carbocycles. The first kappa shape index (κ1) is 25.0. The molecular formula is C24H24ClN7O4. The van der Waals surface area contributed by atoms with Gasteiger partial charge in [-0.05, 0) is 78.4 Å². The number of carboxylic acids is 1. The number of hydrogen-bond donors (Lipinski definition) is 4. The second kappa shape index (κ2) is 11.6. The van der Waals surface area contributed by atoms with E-state index in [0.29, 0.717) is 28.5 Å². The van der Waals surface area contributed by atoms with Crippen LogP contribution in [0, 0.1) is 5.92 Å². The summed E-state index contributed by atoms with van der Waals surface area (Å²) in [6.07, 6.45) is 5.99. The van der Waals surface area contributed by atoms with Crippen LogP contribution in [0.4, 0.5) is 5.69 Å². The highest BCUT2D eigenvalue weighted by Gasteiger charge is 2.30. The van der Waals surface area contributed by atoms with Crippen molar-refractivity contribution < 1.29 is 19.5 Å². The number of nitrogens with zero attached hydrogens (tertiary/aromatic N) is 4. The third-order valence-electron chi connectivity index (χ3n) is 5.79. The zero-order valence-electron chi connectivity index (χ0n) is 19.1. The predicted octanol–water partition coefficient (Wildman–Crippen LogP) is 2.15. The number of aromatic carboxylic acids is 1. The molecule has 1 fully saturated rings. The fourth-order valence-electron chi connectivity index (χ4n) is 3.98. The summed E-state index contributed by atoms with van der Waals surface area (Å²) in [5, 5.41) is 29.6. The number of halogens is 1. The van der Waals surface area contributed by atoms with Gasteiger partial charge in [0.2, 0.25) is 11.8 Å². The van der Waals surface area contributed by atoms with E-state index in [1.165, 1.54) is 41.4 Å². The highest BCUT2D eigenvalue weighted by atomic mass is 35.5. The van der Waals surface area contributed by atoms with Crippen molar-refractivity contribution in [1.82, 2.24) is 30.8 Å². The maximum absolute atomic E-state index is 13.2. The Morgan fingerprint density at radius 3 is 2.67 bits per heavy atom. The standard InChI is InChI=1S/C24H24ClN7O4/c25-18-6-9-20(32-14-27-30-31-32)16(12-18)5-10-21(33)29-22(17-2-1-11-26-13-17)23(34)28-19-7-3-15(4-8-19)24(35)36/h3-10,12,14,17,22,26H,1-2,11,13H2,(H,28,34)(H,29,33)(H,35,36)/t17?,22-/m0/s1. The van der Waals surface area contributed by atoms with Crippen LogP contribution in [0.1, 0.15) is 28.8 Å². The van der Waals surface area contributed by atoms with Gasteiger partial charge in [-0.1, -0.05) is 11.6 Å². The first-order valence-corrected chi connectivity index (χ1v) is 11.6. The average Bonchev–Trinajstić information content (AvgIpc) is 3.41. The Bertz CT molecular complexity index is 1260. The second-order valence-corrected chi connectivity index (χ2v) is 8.69. The first-order chi connectivity index (χ1) is 17.4. The van der Waals surface area contributed by atoms with Crippen molar-refractivity contribution >= 4 is 41.1 Å². The van der Waals surface area contributed by atoms with Gasteiger partial charge in [0, 0.05) is 34.8 Å². The zero-order chi connectivity index (χ0) is 25.5. The SMILES string of the molecule is O=C(C=Cc1cc(Cl)ccc1-n1cnnn1)N[C@H](C(=O)Nc1ccc(C(=O)O)cc1)C1CCCNC1. The van der Waals surface area contributed by atoms with E-state index in [1.807, 2.05) is 0 Å². The van der Waals surface area contributed by atoms with Crippen LogP contribution in [0.25, 0.3) is 11.8 Å². The van der Waals surface area contributed by atoms with Gasteiger partial charge in [0.1, 0.15) is 12.4 Å². The summed E-state index contributed by atoms with van der Waals surface area (Å²) in [6.45, 7) is 1.43. The number of tetrazole rings is 1. The smallest absolute Gasteiger partial charge is 0.335 e. The molecule has 2 amide bonds. The van der Waals surface area contributed by atoms with E-state index in [0.717, 1.165) is 19.4 Å². The fraction of sp³-hybridized carbons (Fsp3) is 0.250. The largest absolute Gasteiger partial charge is 0.478 e. The Kier molecular flexibility index (Phi) is 8.03. The number of carbonyl (C=O) groups excluding carboxylic acids is 2. The van der Waals surface area contributed by atoms with E-state index in [1.54, 1.807) is 24.3 Å². The van der Waals surface area contributed by atoms with Crippen LogP contribution in [0.5, 0.6) is 0 Å². The van der Waals surface area contributed by atoms with Crippen molar-refractivity contribution in [2.24, 2.45) is 5.92 Å². The van der Waals surface area contributed by atoms with Crippen molar-refractivity contribution in [2.45, 2.75) is 18.9 Å². The van der Waals surface area contributed by atoms with Crippen molar-refractivity contribution in [3.63, 3.8) is 0 Å². The molecule has 186 valence electrons. The molecule has 1 aliphatic heterocycles. The van der Waals surface area contributed by atoms with Gasteiger partial charge in [0.05, 0.1) is 11.3 Å². The molecule has 12 heteroatoms. The van der Waals surface area contributed by atoms with E-state index in [-0.39, 0.29) is 17.4 Å². The van der Waals surface area contributed by atoms with Gasteiger partial charge in [0.15, 0.2) is 0 Å². The van der Waals surface area contributed by atoms with Crippen LogP contribution in [0.15, 0.2) is 54.9 Å². The summed E-state index contributed by atoms with van der Waals surface area (Å²) in [4.78, 5) is 37.1. The number of benzene rings is 2. The lowest BCUT2D eigenvalue weighted by molar-refractivity contribution is -0.125. The van der Waals surface area contributed by atoms with E-state index < -0.39 is 17.9 Å². The van der Waals surface area contributed by atoms with Crippen LogP contribution in [0.2, 0.25) is 5.02 Å². The van der Waals surface area contributed by atoms with Gasteiger partial charge in [-0.25, -0.2) is 4.79 Å². The van der Waals surface area contributed by atoms with Crippen molar-refractivity contribution in [1.29, 1.82) is 0 Å². The molecule has 1 saturated heterocycles. The Hall–Kier alpha value is -4.09. The first-order valence-electron chi connectivity index (χ1n) is 11.3. The normalized spacial score (nSPS) is 16.4. The molecule has 0 radical (unpaired) electrons. The van der Waals surface area contributed by atoms with Crippen molar-refractivity contribution in [2.75, 3.05) is 18.4 Å². The zero-order valence-corrected chi connectivity index (χ0v) is 19.9. The number of anilines is 1. The Morgan fingerprint density at radius 2 is 2.00 bits per heavy atom. The molecule has 2 aromatic carbocycles. The Morgan fingerprint density at radius 1 is 1.19 bits per heavy atom. The number of amides is 2. The van der Waals surface area contributed by atoms with Crippen LogP contribution in [-0.4, -0.2) is 62.2 Å². The number of nitrogens with one attached hydrogen (secondary N) is 3. The predicted molar refractivity (Wildman–Crippen MR) is 133 cm³/mol. The average molecular weight is 510 g/mol. The van der Waals surface area contributed by atoms with Gasteiger partial charge >= 0.3 is 5.97 Å². The van der Waals surface area contributed by atoms with Crippen LogP contribution >= 0.6 is 11.6 Å². The number of rotatable bonds is 8. The molecule has 1 unspecified atom stereocenters. The highest BCUT2D eigenvalue weighted by Crippen LogP contribution is 2.21. The lowest BCUT2D eigenvalue weighted by atomic mass is 9.91. The molecule has 4 rings (SSSR count). The van der Waals surface area contributed by atoms with Crippen LogP contribution < -0.4 is 16.0 Å². The Labute approximate surface area is 211 Å². The van der Waals surface area contributed by atoms with Gasteiger partial charge < -0.3 is 21.1 Å². The monoisotopic (exact) mass is 509 g/mol. The number of carboxylic acid groups (broad SMARTS) is 1. The quantitative estimate of drug-likeness (QED) is 0.337. The summed E-state index contributed by atoms with van der Waals surface area (Å²) in [6, 6.07) is 10.1. The topological polar surface area (TPSA) is 151 Å². The van der Waals surface area contributed by atoms with Crippen LogP contribution in [-0.2, 0) is 9.59 Å². The lowest BCUT2D eigenvalue weighted by Gasteiger charge is -2.30. The minimum absolute atomic E-state index is 0.113. The Balaban J connectivity index is 1.50. The molecule has 2 atom stereocenters. The molecule has 2 heterocycles. The molecule has 0 aliphatic carbocycles. The summed E-state index contributed by atoms with van der Waals surface area (Å²) in [5.74, 6) is -2.01. The molecule has 1 aromatic heterocycles. The van der Waals surface area contributed by atoms with Crippen LogP contribution in [0.3, 0.4) is 0 Å². The summed E-state index contributed by atoms with van der Waals surface area (Å²) >= 11 is 6.14. The summed E-state index contributed by atoms with van der Waals surface area (Å²) < 4.78 is 1.45. The molecular weight excluding hydrogens is 486 g/mol. The van der Waals surface area contributed by atoms with E-state index in [9.17, 15) is 14.4 Å². The van der Waals surface area contributed by atoms with Gasteiger partial charge in [-0.3, -0.25) is 9.59 Å². The number of hydrogen-bond acceptors (Lipinski definition) is 7. The summed E-state index contributed by atoms with van der Waals surface area (Å²) in [7, 11) is 0. The number of piperidine rings is 1. The number of carbonyl (C=O) groups is 3. The molecule has 3 aromatic rings. The third-order valence-corrected chi connectivity index (χ3v) is 6.02. The molecule has 0 spiro atoms. The fourth-order valence-corrected chi connectivity index (χ4v) is 4.16. The maximum Gasteiger partial charge on any atom is 0.335 e. The van der Waals surface area contributed by atoms with Crippen molar-refractivity contribution in [3.8, 4) is 5.69 Å². The van der Waals surface area contributed by atoms with Crippen molar-refractivity contribution in [3.05, 3.63) is 71.0 Å².